The summed E-state index contributed by atoms with van der Waals surface area (Å²) in [5.74, 6) is 1.73. The van der Waals surface area contributed by atoms with Crippen molar-refractivity contribution in [3.8, 4) is 73.4 Å². The van der Waals surface area contributed by atoms with Crippen LogP contribution < -0.4 is 0 Å². The molecule has 276 valence electrons. The van der Waals surface area contributed by atoms with Crippen LogP contribution in [0.4, 0.5) is 0 Å². The molecule has 0 bridgehead atoms. The molecular formula is C54H35N5. The first-order valence-electron chi connectivity index (χ1n) is 19.8. The molecule has 11 rings (SSSR count). The minimum atomic E-state index is 0.521. The summed E-state index contributed by atoms with van der Waals surface area (Å²) in [6.45, 7) is 0. The van der Waals surface area contributed by atoms with Gasteiger partial charge in [0.15, 0.2) is 17.5 Å². The van der Waals surface area contributed by atoms with Gasteiger partial charge in [0.1, 0.15) is 5.69 Å². The summed E-state index contributed by atoms with van der Waals surface area (Å²) in [6.07, 6.45) is 1.94. The van der Waals surface area contributed by atoms with E-state index in [-0.39, 0.29) is 0 Å². The summed E-state index contributed by atoms with van der Waals surface area (Å²) in [4.78, 5) is 19.8. The third-order valence-electron chi connectivity index (χ3n) is 11.1. The molecule has 0 aliphatic carbocycles. The lowest BCUT2D eigenvalue weighted by molar-refractivity contribution is 1.05. The number of rotatable bonds is 7. The maximum Gasteiger partial charge on any atom is 0.182 e. The SMILES string of the molecule is c1ccc(-c2cc(-c3ccccc3)cc(-c3ccc4c5c6ccccc6ccc5n(-c5ccc(-c6nc(-c7ccccc7)nc(-c7ccccc7)n6)nc5)c4c3)c2)cc1. The summed E-state index contributed by atoms with van der Waals surface area (Å²) < 4.78 is 2.34. The molecule has 0 spiro atoms. The number of fused-ring (bicyclic) bond motifs is 5. The molecule has 0 radical (unpaired) electrons. The highest BCUT2D eigenvalue weighted by atomic mass is 15.1. The van der Waals surface area contributed by atoms with E-state index in [0.717, 1.165) is 39.0 Å². The highest BCUT2D eigenvalue weighted by Crippen LogP contribution is 2.40. The molecule has 5 nitrogen and oxygen atoms in total. The normalized spacial score (nSPS) is 11.4. The lowest BCUT2D eigenvalue weighted by Crippen LogP contribution is -2.02. The minimum absolute atomic E-state index is 0.521. The molecule has 0 aliphatic rings. The monoisotopic (exact) mass is 753 g/mol. The van der Waals surface area contributed by atoms with Crippen molar-refractivity contribution >= 4 is 32.6 Å². The van der Waals surface area contributed by atoms with Gasteiger partial charge in [-0.15, -0.1) is 0 Å². The molecule has 0 saturated heterocycles. The molecule has 0 N–H and O–H groups in total. The van der Waals surface area contributed by atoms with E-state index < -0.39 is 0 Å². The lowest BCUT2D eigenvalue weighted by Gasteiger charge is -2.13. The fourth-order valence-electron chi connectivity index (χ4n) is 8.21. The molecule has 3 heterocycles. The third kappa shape index (κ3) is 6.32. The fraction of sp³-hybridized carbons (Fsp3) is 0. The van der Waals surface area contributed by atoms with Gasteiger partial charge in [-0.1, -0.05) is 164 Å². The zero-order chi connectivity index (χ0) is 39.1. The van der Waals surface area contributed by atoms with E-state index >= 15 is 0 Å². The molecule has 5 heteroatoms. The third-order valence-corrected chi connectivity index (χ3v) is 11.1. The Kier molecular flexibility index (Phi) is 8.41. The summed E-state index contributed by atoms with van der Waals surface area (Å²) in [7, 11) is 0. The second-order valence-electron chi connectivity index (χ2n) is 14.7. The first-order valence-corrected chi connectivity index (χ1v) is 19.8. The highest BCUT2D eigenvalue weighted by Gasteiger charge is 2.18. The zero-order valence-electron chi connectivity index (χ0n) is 31.9. The van der Waals surface area contributed by atoms with E-state index in [1.807, 2.05) is 72.9 Å². The van der Waals surface area contributed by atoms with Gasteiger partial charge in [-0.05, 0) is 86.6 Å². The predicted octanol–water partition coefficient (Wildman–Crippen LogP) is 13.5. The average Bonchev–Trinajstić information content (AvgIpc) is 3.66. The highest BCUT2D eigenvalue weighted by molar-refractivity contribution is 6.21. The Bertz CT molecular complexity index is 3170. The van der Waals surface area contributed by atoms with Crippen LogP contribution in [0, 0.1) is 0 Å². The van der Waals surface area contributed by atoms with Gasteiger partial charge in [-0.3, -0.25) is 4.98 Å². The van der Waals surface area contributed by atoms with Crippen molar-refractivity contribution in [3.05, 3.63) is 212 Å². The number of nitrogens with zero attached hydrogens (tertiary/aromatic N) is 5. The van der Waals surface area contributed by atoms with Crippen LogP contribution in [0.1, 0.15) is 0 Å². The quantitative estimate of drug-likeness (QED) is 0.163. The van der Waals surface area contributed by atoms with Crippen LogP contribution >= 0.6 is 0 Å². The summed E-state index contributed by atoms with van der Waals surface area (Å²) in [6, 6.07) is 72.3. The van der Waals surface area contributed by atoms with Crippen LogP contribution in [0.25, 0.3) is 106 Å². The largest absolute Gasteiger partial charge is 0.308 e. The summed E-state index contributed by atoms with van der Waals surface area (Å²) >= 11 is 0. The average molecular weight is 754 g/mol. The van der Waals surface area contributed by atoms with Gasteiger partial charge in [0.05, 0.1) is 22.9 Å². The first kappa shape index (κ1) is 34.2. The van der Waals surface area contributed by atoms with Gasteiger partial charge in [0.2, 0.25) is 0 Å². The van der Waals surface area contributed by atoms with Crippen LogP contribution in [0.15, 0.2) is 212 Å². The van der Waals surface area contributed by atoms with Gasteiger partial charge in [-0.25, -0.2) is 15.0 Å². The van der Waals surface area contributed by atoms with Crippen molar-refractivity contribution in [2.75, 3.05) is 0 Å². The van der Waals surface area contributed by atoms with Crippen LogP contribution in [-0.2, 0) is 0 Å². The van der Waals surface area contributed by atoms with E-state index in [1.54, 1.807) is 0 Å². The van der Waals surface area contributed by atoms with Crippen LogP contribution in [0.5, 0.6) is 0 Å². The van der Waals surface area contributed by atoms with E-state index in [2.05, 4.69) is 144 Å². The Morgan fingerprint density at radius 2 is 0.847 bits per heavy atom. The molecule has 0 amide bonds. The van der Waals surface area contributed by atoms with Gasteiger partial charge < -0.3 is 4.57 Å². The molecule has 0 saturated carbocycles. The van der Waals surface area contributed by atoms with Crippen molar-refractivity contribution in [2.45, 2.75) is 0 Å². The second kappa shape index (κ2) is 14.5. The van der Waals surface area contributed by atoms with Crippen LogP contribution in [-0.4, -0.2) is 24.5 Å². The minimum Gasteiger partial charge on any atom is -0.308 e. The predicted molar refractivity (Wildman–Crippen MR) is 242 cm³/mol. The molecule has 11 aromatic rings. The maximum atomic E-state index is 5.05. The number of aromatic nitrogens is 5. The molecule has 0 aliphatic heterocycles. The maximum absolute atomic E-state index is 5.05. The molecule has 3 aromatic heterocycles. The van der Waals surface area contributed by atoms with Gasteiger partial charge in [0, 0.05) is 21.9 Å². The van der Waals surface area contributed by atoms with E-state index in [4.69, 9.17) is 19.9 Å². The fourth-order valence-corrected chi connectivity index (χ4v) is 8.21. The number of hydrogen-bond donors (Lipinski definition) is 0. The second-order valence-corrected chi connectivity index (χ2v) is 14.7. The molecule has 0 atom stereocenters. The Hall–Kier alpha value is -8.02. The van der Waals surface area contributed by atoms with Crippen molar-refractivity contribution in [3.63, 3.8) is 0 Å². The van der Waals surface area contributed by atoms with Gasteiger partial charge in [-0.2, -0.15) is 0 Å². The van der Waals surface area contributed by atoms with Gasteiger partial charge >= 0.3 is 0 Å². The van der Waals surface area contributed by atoms with Gasteiger partial charge in [0.25, 0.3) is 0 Å². The number of benzene rings is 8. The topological polar surface area (TPSA) is 56.5 Å². The Morgan fingerprint density at radius 1 is 0.322 bits per heavy atom. The Morgan fingerprint density at radius 3 is 1.42 bits per heavy atom. The van der Waals surface area contributed by atoms with Crippen LogP contribution in [0.3, 0.4) is 0 Å². The Balaban J connectivity index is 1.09. The molecular weight excluding hydrogens is 719 g/mol. The van der Waals surface area contributed by atoms with Crippen molar-refractivity contribution in [1.82, 2.24) is 24.5 Å². The standard InChI is InChI=1S/C54H35N5/c1-5-15-36(16-6-1)42-31-43(37-17-7-2-8-18-37)33-44(32-42)41-25-28-47-50(34-41)59(49-30-26-38-19-13-14-24-46(38)51(47)49)45-27-29-48(55-35-45)54-57-52(39-20-9-3-10-21-39)56-53(58-54)40-22-11-4-12-23-40/h1-35H. The summed E-state index contributed by atoms with van der Waals surface area (Å²) in [5, 5.41) is 4.83. The first-order chi connectivity index (χ1) is 29.2. The number of hydrogen-bond acceptors (Lipinski definition) is 4. The molecule has 8 aromatic carbocycles. The lowest BCUT2D eigenvalue weighted by atomic mass is 9.93. The van der Waals surface area contributed by atoms with Crippen LogP contribution in [0.2, 0.25) is 0 Å². The smallest absolute Gasteiger partial charge is 0.182 e. The summed E-state index contributed by atoms with van der Waals surface area (Å²) in [5.41, 5.74) is 12.7. The van der Waals surface area contributed by atoms with E-state index in [9.17, 15) is 0 Å². The Labute approximate surface area is 341 Å². The molecule has 0 unspecified atom stereocenters. The van der Waals surface area contributed by atoms with Crippen molar-refractivity contribution < 1.29 is 0 Å². The van der Waals surface area contributed by atoms with Crippen molar-refractivity contribution in [1.29, 1.82) is 0 Å². The number of pyridine rings is 1. The van der Waals surface area contributed by atoms with E-state index in [0.29, 0.717) is 23.2 Å². The zero-order valence-corrected chi connectivity index (χ0v) is 31.9. The van der Waals surface area contributed by atoms with E-state index in [1.165, 1.54) is 43.8 Å². The molecule has 59 heavy (non-hydrogen) atoms. The molecule has 0 fully saturated rings. The van der Waals surface area contributed by atoms with Crippen molar-refractivity contribution in [2.24, 2.45) is 0 Å².